The van der Waals surface area contributed by atoms with Crippen LogP contribution in [0.25, 0.3) is 21.5 Å². The number of rotatable bonds is 6. The molecule has 1 fully saturated rings. The molecular formula is C73H104N8. The van der Waals surface area contributed by atoms with Crippen LogP contribution in [-0.2, 0) is 12.8 Å². The molecular weight excluding hydrogens is 989 g/mol. The summed E-state index contributed by atoms with van der Waals surface area (Å²) in [5.74, 6) is 1.46. The second-order valence-electron chi connectivity index (χ2n) is 23.1. The number of hydrogen-bond donors (Lipinski definition) is 8. The van der Waals surface area contributed by atoms with Gasteiger partial charge in [0.05, 0.1) is 0 Å². The Labute approximate surface area is 489 Å². The number of fused-ring (bicyclic) bond motifs is 4. The van der Waals surface area contributed by atoms with Crippen LogP contribution in [0.1, 0.15) is 193 Å². The molecule has 16 N–H and O–H groups in total. The van der Waals surface area contributed by atoms with Crippen LogP contribution in [0, 0.1) is 18.8 Å². The molecule has 436 valence electrons. The molecule has 8 atom stereocenters. The van der Waals surface area contributed by atoms with E-state index in [-0.39, 0.29) is 24.2 Å². The summed E-state index contributed by atoms with van der Waals surface area (Å²) >= 11 is 0. The third-order valence-electron chi connectivity index (χ3n) is 15.6. The fourth-order valence-electron chi connectivity index (χ4n) is 9.81. The lowest BCUT2D eigenvalue weighted by Gasteiger charge is -2.24. The van der Waals surface area contributed by atoms with Crippen LogP contribution < -0.4 is 45.9 Å². The van der Waals surface area contributed by atoms with Crippen molar-refractivity contribution in [1.29, 1.82) is 0 Å². The highest BCUT2D eigenvalue weighted by Gasteiger charge is 2.18. The average Bonchev–Trinajstić information content (AvgIpc) is 3.86. The molecule has 0 amide bonds. The molecule has 0 saturated heterocycles. The minimum atomic E-state index is 0.103. The molecule has 8 heteroatoms. The number of benzene rings is 8. The zero-order chi connectivity index (χ0) is 59.3. The fourth-order valence-corrected chi connectivity index (χ4v) is 9.81. The Bertz CT molecular complexity index is 2920. The normalized spacial score (nSPS) is 17.2. The predicted octanol–water partition coefficient (Wildman–Crippen LogP) is 16.0. The first-order chi connectivity index (χ1) is 38.8. The van der Waals surface area contributed by atoms with Crippen molar-refractivity contribution >= 4 is 21.5 Å². The molecule has 0 aliphatic heterocycles. The van der Waals surface area contributed by atoms with Gasteiger partial charge in [0.2, 0.25) is 0 Å². The molecule has 3 aliphatic rings. The van der Waals surface area contributed by atoms with Gasteiger partial charge in [-0.05, 0) is 177 Å². The zero-order valence-corrected chi connectivity index (χ0v) is 50.9. The predicted molar refractivity (Wildman–Crippen MR) is 353 cm³/mol. The van der Waals surface area contributed by atoms with Crippen LogP contribution in [-0.4, -0.2) is 12.1 Å². The van der Waals surface area contributed by atoms with Gasteiger partial charge in [-0.15, -0.1) is 0 Å². The first kappa shape index (κ1) is 67.5. The van der Waals surface area contributed by atoms with E-state index < -0.39 is 0 Å². The zero-order valence-electron chi connectivity index (χ0n) is 50.9. The summed E-state index contributed by atoms with van der Waals surface area (Å²) in [6, 6.07) is 66.5. The van der Waals surface area contributed by atoms with Gasteiger partial charge in [-0.1, -0.05) is 221 Å². The van der Waals surface area contributed by atoms with Crippen LogP contribution in [0.2, 0.25) is 0 Å². The molecule has 8 aromatic carbocycles. The SMILES string of the molecule is CC(C)C(C)N.CC(N)C1CCCCC1.CC(N)c1ccc2ccccc2c1.CC(N)c1cccc2ccccc12.CC(N)c1ccccc1.Cc1ccc(C(C)N)cc1.NC1CCCc2ccccc21.NC1CCc2ccccc21. The molecule has 0 heterocycles. The molecule has 81 heavy (non-hydrogen) atoms. The Morgan fingerprint density at radius 2 is 0.827 bits per heavy atom. The maximum Gasteiger partial charge on any atom is 0.0300 e. The van der Waals surface area contributed by atoms with E-state index in [1.165, 1.54) is 117 Å². The quantitative estimate of drug-likeness (QED) is 0.0802. The second-order valence-corrected chi connectivity index (χ2v) is 23.1. The van der Waals surface area contributed by atoms with Crippen LogP contribution in [0.5, 0.6) is 0 Å². The van der Waals surface area contributed by atoms with Crippen molar-refractivity contribution in [2.45, 2.75) is 175 Å². The van der Waals surface area contributed by atoms with E-state index >= 15 is 0 Å². The van der Waals surface area contributed by atoms with Crippen molar-refractivity contribution in [2.75, 3.05) is 0 Å². The van der Waals surface area contributed by atoms with Crippen molar-refractivity contribution < 1.29 is 0 Å². The molecule has 0 spiro atoms. The summed E-state index contributed by atoms with van der Waals surface area (Å²) in [6.45, 7) is 18.5. The molecule has 0 aromatic heterocycles. The Morgan fingerprint density at radius 1 is 0.370 bits per heavy atom. The highest BCUT2D eigenvalue weighted by atomic mass is 14.7. The number of nitrogens with two attached hydrogens (primary N) is 8. The molecule has 0 radical (unpaired) electrons. The third kappa shape index (κ3) is 24.1. The Kier molecular flexibility index (Phi) is 30.3. The molecule has 8 aromatic rings. The lowest BCUT2D eigenvalue weighted by atomic mass is 9.85. The minimum Gasteiger partial charge on any atom is -0.328 e. The number of aryl methyl sites for hydroxylation is 3. The monoisotopic (exact) mass is 1090 g/mol. The number of hydrogen-bond acceptors (Lipinski definition) is 8. The first-order valence-corrected chi connectivity index (χ1v) is 30.0. The van der Waals surface area contributed by atoms with Crippen LogP contribution in [0.15, 0.2) is 188 Å². The Balaban J connectivity index is 0.000000201. The standard InChI is InChI=1S/2C12H13N.C10H13N.C9H11N.C9H13N.C8H17N.C8H11N.C5H13N/c1-9(13)11-8-4-6-10-5-2-3-7-12(10)11;1-9(13)11-7-6-10-4-2-3-5-12(10)8-11;11-10-7-3-5-8-4-1-2-6-9(8)10;10-9-6-5-7-3-1-2-4-8(7)9;1-7-3-5-9(6-4-7)8(2)10;2*1-7(9)8-5-3-2-4-6-8;1-4(2)5(3)6/h2*2-9H,13H2,1H3;1-2,4,6,10H,3,5,7,11H2;1-4,9H,5-6,10H2;3-6,8H,10H2,1-2H3;7-8H,2-6,9H2,1H3;2-7H,9H2,1H3;4-5H,6H2,1-3H3. The summed E-state index contributed by atoms with van der Waals surface area (Å²) in [4.78, 5) is 0. The van der Waals surface area contributed by atoms with Crippen molar-refractivity contribution in [3.05, 3.63) is 238 Å². The van der Waals surface area contributed by atoms with Gasteiger partial charge in [0.15, 0.2) is 0 Å². The van der Waals surface area contributed by atoms with Gasteiger partial charge in [-0.25, -0.2) is 0 Å². The van der Waals surface area contributed by atoms with Crippen molar-refractivity contribution in [3.63, 3.8) is 0 Å². The Morgan fingerprint density at radius 3 is 1.33 bits per heavy atom. The van der Waals surface area contributed by atoms with E-state index in [9.17, 15) is 0 Å². The maximum absolute atomic E-state index is 5.95. The summed E-state index contributed by atoms with van der Waals surface area (Å²) < 4.78 is 0. The van der Waals surface area contributed by atoms with Crippen molar-refractivity contribution in [3.8, 4) is 0 Å². The van der Waals surface area contributed by atoms with Gasteiger partial charge in [-0.3, -0.25) is 0 Å². The van der Waals surface area contributed by atoms with E-state index in [1.807, 2.05) is 89.2 Å². The summed E-state index contributed by atoms with van der Waals surface area (Å²) in [5, 5.41) is 5.06. The van der Waals surface area contributed by atoms with Gasteiger partial charge in [0.25, 0.3) is 0 Å². The average molecular weight is 1090 g/mol. The van der Waals surface area contributed by atoms with E-state index in [2.05, 4.69) is 161 Å². The third-order valence-corrected chi connectivity index (χ3v) is 15.6. The van der Waals surface area contributed by atoms with Crippen molar-refractivity contribution in [2.24, 2.45) is 57.7 Å². The molecule has 1 saturated carbocycles. The van der Waals surface area contributed by atoms with Gasteiger partial charge < -0.3 is 45.9 Å². The van der Waals surface area contributed by atoms with E-state index in [4.69, 9.17) is 45.9 Å². The highest BCUT2D eigenvalue weighted by Crippen LogP contribution is 2.29. The smallest absolute Gasteiger partial charge is 0.0300 e. The summed E-state index contributed by atoms with van der Waals surface area (Å²) in [6.07, 6.45) is 12.9. The van der Waals surface area contributed by atoms with E-state index in [0.29, 0.717) is 30.1 Å². The lowest BCUT2D eigenvalue weighted by molar-refractivity contribution is 0.316. The topological polar surface area (TPSA) is 208 Å². The van der Waals surface area contributed by atoms with Gasteiger partial charge in [0, 0.05) is 48.3 Å². The van der Waals surface area contributed by atoms with Crippen LogP contribution in [0.4, 0.5) is 0 Å². The Hall–Kier alpha value is -6.04. The lowest BCUT2D eigenvalue weighted by Crippen LogP contribution is -2.27. The maximum atomic E-state index is 5.95. The molecule has 8 unspecified atom stereocenters. The molecule has 8 nitrogen and oxygen atoms in total. The van der Waals surface area contributed by atoms with Gasteiger partial charge >= 0.3 is 0 Å². The fraction of sp³-hybridized carbons (Fsp3) is 0.397. The van der Waals surface area contributed by atoms with Crippen LogP contribution >= 0.6 is 0 Å². The largest absolute Gasteiger partial charge is 0.328 e. The van der Waals surface area contributed by atoms with E-state index in [1.54, 1.807) is 0 Å². The van der Waals surface area contributed by atoms with Crippen LogP contribution in [0.3, 0.4) is 0 Å². The highest BCUT2D eigenvalue weighted by molar-refractivity contribution is 5.86. The summed E-state index contributed by atoms with van der Waals surface area (Å²) in [7, 11) is 0. The van der Waals surface area contributed by atoms with Gasteiger partial charge in [-0.2, -0.15) is 0 Å². The molecule has 11 rings (SSSR count). The van der Waals surface area contributed by atoms with Crippen molar-refractivity contribution in [1.82, 2.24) is 0 Å². The summed E-state index contributed by atoms with van der Waals surface area (Å²) in [5.41, 5.74) is 57.6. The van der Waals surface area contributed by atoms with Gasteiger partial charge in [0.1, 0.15) is 0 Å². The molecule has 3 aliphatic carbocycles. The first-order valence-electron chi connectivity index (χ1n) is 30.0. The molecule has 0 bridgehead atoms. The minimum absolute atomic E-state index is 0.103. The van der Waals surface area contributed by atoms with E-state index in [0.717, 1.165) is 25.2 Å². The second kappa shape index (κ2) is 36.4.